The fourth-order valence-electron chi connectivity index (χ4n) is 2.32. The Balaban J connectivity index is 0.00000364. The van der Waals surface area contributed by atoms with Gasteiger partial charge in [0.2, 0.25) is 0 Å². The maximum Gasteiger partial charge on any atom is 0.263 e. The average molecular weight is 521 g/mol. The molecule has 2 aromatic heterocycles. The van der Waals surface area contributed by atoms with Crippen LogP contribution in [0.4, 0.5) is 0 Å². The van der Waals surface area contributed by atoms with Gasteiger partial charge in [-0.3, -0.25) is 9.79 Å². The number of carbonyl (C=O) groups is 1. The summed E-state index contributed by atoms with van der Waals surface area (Å²) >= 11 is 3.12. The zero-order valence-corrected chi connectivity index (χ0v) is 20.1. The second-order valence-electron chi connectivity index (χ2n) is 6.51. The van der Waals surface area contributed by atoms with Crippen LogP contribution < -0.4 is 16.0 Å². The highest BCUT2D eigenvalue weighted by molar-refractivity contribution is 14.0. The summed E-state index contributed by atoms with van der Waals surface area (Å²) in [4.78, 5) is 22.9. The van der Waals surface area contributed by atoms with Crippen LogP contribution in [0.15, 0.2) is 28.0 Å². The predicted octanol–water partition coefficient (Wildman–Crippen LogP) is 3.39. The smallest absolute Gasteiger partial charge is 0.263 e. The first kappa shape index (κ1) is 23.8. The van der Waals surface area contributed by atoms with Gasteiger partial charge < -0.3 is 16.0 Å². The molecule has 0 aromatic carbocycles. The van der Waals surface area contributed by atoms with Crippen LogP contribution in [0.1, 0.15) is 41.0 Å². The third kappa shape index (κ3) is 7.38. The minimum absolute atomic E-state index is 0. The van der Waals surface area contributed by atoms with E-state index in [0.717, 1.165) is 18.2 Å². The van der Waals surface area contributed by atoms with E-state index in [9.17, 15) is 4.79 Å². The van der Waals surface area contributed by atoms with Crippen LogP contribution in [0.2, 0.25) is 0 Å². The molecular formula is C18H28IN5OS2. The molecule has 3 N–H and O–H groups in total. The standard InChI is InChI=1S/C18H27N5OS2.HI/c1-5-19-17(22-11-18(3,4)14-7-6-10-25-14)21-9-8-20-16(24)15-13(2)23-12-26-15;/h6-7,10,12H,5,8-9,11H2,1-4H3,(H,20,24)(H2,19,21,22);1H. The Labute approximate surface area is 186 Å². The molecule has 2 heterocycles. The van der Waals surface area contributed by atoms with Crippen LogP contribution in [0.5, 0.6) is 0 Å². The van der Waals surface area contributed by atoms with E-state index >= 15 is 0 Å². The average Bonchev–Trinajstić information content (AvgIpc) is 3.28. The largest absolute Gasteiger partial charge is 0.357 e. The quantitative estimate of drug-likeness (QED) is 0.216. The summed E-state index contributed by atoms with van der Waals surface area (Å²) in [6.45, 7) is 10.9. The summed E-state index contributed by atoms with van der Waals surface area (Å²) in [7, 11) is 0. The van der Waals surface area contributed by atoms with E-state index in [4.69, 9.17) is 4.99 Å². The SMILES string of the molecule is CCNC(=NCC(C)(C)c1cccs1)NCCNC(=O)c1scnc1C.I. The molecule has 0 radical (unpaired) electrons. The van der Waals surface area contributed by atoms with Crippen molar-refractivity contribution >= 4 is 58.5 Å². The van der Waals surface area contributed by atoms with E-state index in [-0.39, 0.29) is 35.3 Å². The van der Waals surface area contributed by atoms with Crippen molar-refractivity contribution < 1.29 is 4.79 Å². The highest BCUT2D eigenvalue weighted by Crippen LogP contribution is 2.27. The molecule has 0 aliphatic heterocycles. The molecule has 0 spiro atoms. The Morgan fingerprint density at radius 2 is 1.96 bits per heavy atom. The summed E-state index contributed by atoms with van der Waals surface area (Å²) < 4.78 is 0. The van der Waals surface area contributed by atoms with Crippen LogP contribution >= 0.6 is 46.7 Å². The molecule has 0 saturated carbocycles. The molecule has 0 fully saturated rings. The van der Waals surface area contributed by atoms with Crippen LogP contribution in [-0.4, -0.2) is 43.0 Å². The molecule has 6 nitrogen and oxygen atoms in total. The number of hydrogen-bond donors (Lipinski definition) is 3. The number of thiazole rings is 1. The van der Waals surface area contributed by atoms with E-state index in [2.05, 4.69) is 52.3 Å². The molecule has 2 rings (SSSR count). The molecule has 2 aromatic rings. The summed E-state index contributed by atoms with van der Waals surface area (Å²) in [6, 6.07) is 4.22. The molecule has 0 aliphatic rings. The lowest BCUT2D eigenvalue weighted by atomic mass is 9.92. The molecule has 9 heteroatoms. The van der Waals surface area contributed by atoms with Crippen LogP contribution in [0, 0.1) is 6.92 Å². The Morgan fingerprint density at radius 3 is 2.56 bits per heavy atom. The van der Waals surface area contributed by atoms with Crippen molar-refractivity contribution in [2.75, 3.05) is 26.2 Å². The molecule has 0 saturated heterocycles. The van der Waals surface area contributed by atoms with E-state index in [1.807, 2.05) is 13.8 Å². The number of amides is 1. The van der Waals surface area contributed by atoms with Crippen LogP contribution in [0.3, 0.4) is 0 Å². The van der Waals surface area contributed by atoms with Crippen LogP contribution in [0.25, 0.3) is 0 Å². The number of guanidine groups is 1. The molecular weight excluding hydrogens is 493 g/mol. The van der Waals surface area contributed by atoms with Gasteiger partial charge in [0.05, 0.1) is 17.7 Å². The molecule has 1 amide bonds. The number of aliphatic imine (C=N–C) groups is 1. The van der Waals surface area contributed by atoms with Gasteiger partial charge in [-0.2, -0.15) is 0 Å². The highest BCUT2D eigenvalue weighted by atomic mass is 127. The number of nitrogens with one attached hydrogen (secondary N) is 3. The van der Waals surface area contributed by atoms with E-state index in [1.165, 1.54) is 16.2 Å². The van der Waals surface area contributed by atoms with Crippen molar-refractivity contribution in [2.45, 2.75) is 33.1 Å². The van der Waals surface area contributed by atoms with Crippen LogP contribution in [-0.2, 0) is 5.41 Å². The topological polar surface area (TPSA) is 78.4 Å². The lowest BCUT2D eigenvalue weighted by Gasteiger charge is -2.21. The Kier molecular flexibility index (Phi) is 10.2. The highest BCUT2D eigenvalue weighted by Gasteiger charge is 2.21. The third-order valence-corrected chi connectivity index (χ3v) is 5.98. The first-order valence-corrected chi connectivity index (χ1v) is 10.4. The first-order chi connectivity index (χ1) is 12.4. The van der Waals surface area contributed by atoms with Gasteiger partial charge in [-0.25, -0.2) is 4.98 Å². The summed E-state index contributed by atoms with van der Waals surface area (Å²) in [6.07, 6.45) is 0. The van der Waals surface area contributed by atoms with Crippen molar-refractivity contribution in [1.29, 1.82) is 0 Å². The lowest BCUT2D eigenvalue weighted by molar-refractivity contribution is 0.0957. The van der Waals surface area contributed by atoms with Gasteiger partial charge in [-0.05, 0) is 25.3 Å². The number of hydrogen-bond acceptors (Lipinski definition) is 5. The Morgan fingerprint density at radius 1 is 1.22 bits per heavy atom. The number of aromatic nitrogens is 1. The lowest BCUT2D eigenvalue weighted by Crippen LogP contribution is -2.42. The van der Waals surface area contributed by atoms with Gasteiger partial charge in [-0.1, -0.05) is 19.9 Å². The molecule has 0 bridgehead atoms. The monoisotopic (exact) mass is 521 g/mol. The van der Waals surface area contributed by atoms with Gasteiger partial charge in [0.25, 0.3) is 5.91 Å². The number of nitrogens with zero attached hydrogens (tertiary/aromatic N) is 2. The minimum atomic E-state index is -0.0763. The van der Waals surface area contributed by atoms with E-state index in [1.54, 1.807) is 16.8 Å². The van der Waals surface area contributed by atoms with Crippen molar-refractivity contribution in [3.8, 4) is 0 Å². The number of rotatable bonds is 8. The van der Waals surface area contributed by atoms with Crippen molar-refractivity contribution in [2.24, 2.45) is 4.99 Å². The van der Waals surface area contributed by atoms with Gasteiger partial charge in [0.15, 0.2) is 5.96 Å². The maximum atomic E-state index is 12.1. The second-order valence-corrected chi connectivity index (χ2v) is 8.31. The van der Waals surface area contributed by atoms with Crippen molar-refractivity contribution in [3.63, 3.8) is 0 Å². The van der Waals surface area contributed by atoms with Crippen molar-refractivity contribution in [1.82, 2.24) is 20.9 Å². The number of aryl methyl sites for hydroxylation is 1. The first-order valence-electron chi connectivity index (χ1n) is 8.68. The predicted molar refractivity (Wildman–Crippen MR) is 126 cm³/mol. The normalized spacial score (nSPS) is 11.6. The zero-order valence-electron chi connectivity index (χ0n) is 16.2. The molecule has 150 valence electrons. The van der Waals surface area contributed by atoms with Gasteiger partial charge in [0.1, 0.15) is 4.88 Å². The number of carbonyl (C=O) groups excluding carboxylic acids is 1. The number of thiophene rings is 1. The van der Waals surface area contributed by atoms with Crippen molar-refractivity contribution in [3.05, 3.63) is 38.5 Å². The van der Waals surface area contributed by atoms with Gasteiger partial charge in [-0.15, -0.1) is 46.7 Å². The maximum absolute atomic E-state index is 12.1. The molecule has 0 aliphatic carbocycles. The minimum Gasteiger partial charge on any atom is -0.357 e. The molecule has 27 heavy (non-hydrogen) atoms. The third-order valence-electron chi connectivity index (χ3n) is 3.82. The summed E-state index contributed by atoms with van der Waals surface area (Å²) in [5, 5.41) is 11.5. The second kappa shape index (κ2) is 11.6. The number of halogens is 1. The van der Waals surface area contributed by atoms with E-state index in [0.29, 0.717) is 24.5 Å². The van der Waals surface area contributed by atoms with Gasteiger partial charge in [0, 0.05) is 29.9 Å². The Hall–Kier alpha value is -1.20. The van der Waals surface area contributed by atoms with E-state index < -0.39 is 0 Å². The summed E-state index contributed by atoms with van der Waals surface area (Å²) in [5.41, 5.74) is 2.45. The fourth-order valence-corrected chi connectivity index (χ4v) is 3.88. The molecule has 0 atom stereocenters. The summed E-state index contributed by atoms with van der Waals surface area (Å²) in [5.74, 6) is 0.688. The Bertz CT molecular complexity index is 728. The molecule has 0 unspecified atom stereocenters. The fraction of sp³-hybridized carbons (Fsp3) is 0.500. The van der Waals surface area contributed by atoms with Gasteiger partial charge >= 0.3 is 0 Å². The zero-order chi connectivity index (χ0) is 19.0.